The van der Waals surface area contributed by atoms with Crippen LogP contribution in [0.4, 0.5) is 14.6 Å². The largest absolute Gasteiger partial charge is 0.478 e. The van der Waals surface area contributed by atoms with Gasteiger partial charge >= 0.3 is 5.97 Å². The first-order chi connectivity index (χ1) is 6.99. The molecule has 0 amide bonds. The van der Waals surface area contributed by atoms with Gasteiger partial charge in [-0.15, -0.1) is 0 Å². The van der Waals surface area contributed by atoms with E-state index in [1.54, 1.807) is 0 Å². The number of carbonyl (C=O) groups is 1. The number of aromatic nitrogens is 1. The SMILES string of the molecule is NCc1cnc(N)c(C(F)F)c1C(=O)O. The molecule has 0 aliphatic rings. The van der Waals surface area contributed by atoms with Crippen LogP contribution in [0, 0.1) is 0 Å². The van der Waals surface area contributed by atoms with E-state index >= 15 is 0 Å². The second kappa shape index (κ2) is 4.18. The van der Waals surface area contributed by atoms with Gasteiger partial charge in [-0.2, -0.15) is 0 Å². The maximum atomic E-state index is 12.5. The number of nitrogens with two attached hydrogens (primary N) is 2. The van der Waals surface area contributed by atoms with E-state index in [-0.39, 0.29) is 12.1 Å². The fraction of sp³-hybridized carbons (Fsp3) is 0.250. The zero-order chi connectivity index (χ0) is 11.6. The molecule has 82 valence electrons. The summed E-state index contributed by atoms with van der Waals surface area (Å²) in [7, 11) is 0. The minimum Gasteiger partial charge on any atom is -0.478 e. The number of carboxylic acids is 1. The fourth-order valence-electron chi connectivity index (χ4n) is 1.21. The van der Waals surface area contributed by atoms with Crippen LogP contribution < -0.4 is 11.5 Å². The van der Waals surface area contributed by atoms with Gasteiger partial charge in [0.1, 0.15) is 5.82 Å². The van der Waals surface area contributed by atoms with Crippen molar-refractivity contribution in [3.63, 3.8) is 0 Å². The Morgan fingerprint density at radius 1 is 1.60 bits per heavy atom. The van der Waals surface area contributed by atoms with Gasteiger partial charge in [0, 0.05) is 12.7 Å². The van der Waals surface area contributed by atoms with E-state index in [0.29, 0.717) is 0 Å². The number of pyridine rings is 1. The van der Waals surface area contributed by atoms with Crippen molar-refractivity contribution in [2.24, 2.45) is 5.73 Å². The van der Waals surface area contributed by atoms with E-state index in [0.717, 1.165) is 6.20 Å². The number of halogens is 2. The minimum absolute atomic E-state index is 0.0343. The molecule has 0 unspecified atom stereocenters. The van der Waals surface area contributed by atoms with Crippen molar-refractivity contribution >= 4 is 11.8 Å². The molecule has 0 bridgehead atoms. The lowest BCUT2D eigenvalue weighted by molar-refractivity contribution is 0.0683. The van der Waals surface area contributed by atoms with Crippen molar-refractivity contribution < 1.29 is 18.7 Å². The highest BCUT2D eigenvalue weighted by Crippen LogP contribution is 2.29. The lowest BCUT2D eigenvalue weighted by Gasteiger charge is -2.11. The predicted molar refractivity (Wildman–Crippen MR) is 48.5 cm³/mol. The lowest BCUT2D eigenvalue weighted by Crippen LogP contribution is -2.14. The summed E-state index contributed by atoms with van der Waals surface area (Å²) in [5.41, 5.74) is 9.11. The van der Waals surface area contributed by atoms with Gasteiger partial charge in [-0.05, 0) is 5.56 Å². The topological polar surface area (TPSA) is 102 Å². The molecular formula is C8H9F2N3O2. The summed E-state index contributed by atoms with van der Waals surface area (Å²) in [5.74, 6) is -1.97. The highest BCUT2D eigenvalue weighted by atomic mass is 19.3. The van der Waals surface area contributed by atoms with Crippen molar-refractivity contribution in [3.05, 3.63) is 22.9 Å². The van der Waals surface area contributed by atoms with Gasteiger partial charge in [0.05, 0.1) is 11.1 Å². The van der Waals surface area contributed by atoms with Crippen LogP contribution in [-0.4, -0.2) is 16.1 Å². The molecule has 0 atom stereocenters. The number of carboxylic acid groups (broad SMARTS) is 1. The molecule has 15 heavy (non-hydrogen) atoms. The number of anilines is 1. The van der Waals surface area contributed by atoms with E-state index in [9.17, 15) is 13.6 Å². The Hall–Kier alpha value is -1.76. The number of hydrogen-bond donors (Lipinski definition) is 3. The minimum atomic E-state index is -2.99. The molecule has 0 saturated heterocycles. The third-order valence-electron chi connectivity index (χ3n) is 1.88. The summed E-state index contributed by atoms with van der Waals surface area (Å²) in [6.45, 7) is -0.186. The summed E-state index contributed by atoms with van der Waals surface area (Å²) >= 11 is 0. The van der Waals surface area contributed by atoms with Crippen molar-refractivity contribution in [2.75, 3.05) is 5.73 Å². The Balaban J connectivity index is 3.51. The van der Waals surface area contributed by atoms with Gasteiger partial charge in [-0.25, -0.2) is 18.6 Å². The molecule has 0 aliphatic heterocycles. The van der Waals surface area contributed by atoms with E-state index in [1.165, 1.54) is 0 Å². The van der Waals surface area contributed by atoms with Crippen LogP contribution in [-0.2, 0) is 6.54 Å². The Kier molecular flexibility index (Phi) is 3.15. The Morgan fingerprint density at radius 3 is 2.60 bits per heavy atom. The van der Waals surface area contributed by atoms with Gasteiger partial charge in [-0.3, -0.25) is 0 Å². The van der Waals surface area contributed by atoms with Gasteiger partial charge in [-0.1, -0.05) is 0 Å². The van der Waals surface area contributed by atoms with Crippen molar-refractivity contribution in [2.45, 2.75) is 13.0 Å². The maximum Gasteiger partial charge on any atom is 0.336 e. The molecule has 5 N–H and O–H groups in total. The molecule has 0 fully saturated rings. The zero-order valence-electron chi connectivity index (χ0n) is 7.58. The van der Waals surface area contributed by atoms with Crippen molar-refractivity contribution in [3.8, 4) is 0 Å². The van der Waals surface area contributed by atoms with Crippen LogP contribution in [0.15, 0.2) is 6.20 Å². The molecule has 0 aliphatic carbocycles. The maximum absolute atomic E-state index is 12.5. The lowest BCUT2D eigenvalue weighted by atomic mass is 10.0. The normalized spacial score (nSPS) is 10.7. The summed E-state index contributed by atoms with van der Waals surface area (Å²) in [6.07, 6.45) is -1.90. The quantitative estimate of drug-likeness (QED) is 0.693. The van der Waals surface area contributed by atoms with Gasteiger partial charge in [0.15, 0.2) is 0 Å². The number of rotatable bonds is 3. The Bertz CT molecular complexity index is 396. The Morgan fingerprint density at radius 2 is 2.20 bits per heavy atom. The fourth-order valence-corrected chi connectivity index (χ4v) is 1.21. The standard InChI is InChI=1S/C8H9F2N3O2/c9-6(10)5-4(8(14)15)3(1-11)2-13-7(5)12/h2,6H,1,11H2,(H2,12,13)(H,14,15). The smallest absolute Gasteiger partial charge is 0.336 e. The molecule has 0 aromatic carbocycles. The van der Waals surface area contributed by atoms with E-state index in [1.807, 2.05) is 0 Å². The molecule has 1 rings (SSSR count). The monoisotopic (exact) mass is 217 g/mol. The van der Waals surface area contributed by atoms with Gasteiger partial charge < -0.3 is 16.6 Å². The summed E-state index contributed by atoms with van der Waals surface area (Å²) in [5, 5.41) is 8.78. The van der Waals surface area contributed by atoms with Crippen molar-refractivity contribution in [1.82, 2.24) is 4.98 Å². The molecule has 1 heterocycles. The first-order valence-electron chi connectivity index (χ1n) is 3.97. The number of hydrogen-bond acceptors (Lipinski definition) is 4. The van der Waals surface area contributed by atoms with Crippen LogP contribution in [0.25, 0.3) is 0 Å². The number of nitrogen functional groups attached to an aromatic ring is 1. The summed E-state index contributed by atoms with van der Waals surface area (Å²) < 4.78 is 25.1. The second-order valence-corrected chi connectivity index (χ2v) is 2.77. The molecular weight excluding hydrogens is 208 g/mol. The van der Waals surface area contributed by atoms with Crippen LogP contribution in [0.3, 0.4) is 0 Å². The highest BCUT2D eigenvalue weighted by Gasteiger charge is 2.24. The third kappa shape index (κ3) is 2.01. The average molecular weight is 217 g/mol. The molecule has 0 spiro atoms. The number of aromatic carboxylic acids is 1. The molecule has 7 heteroatoms. The predicted octanol–water partition coefficient (Wildman–Crippen LogP) is 0.758. The van der Waals surface area contributed by atoms with Crippen LogP contribution >= 0.6 is 0 Å². The van der Waals surface area contributed by atoms with E-state index < -0.39 is 29.3 Å². The molecule has 1 aromatic heterocycles. The second-order valence-electron chi connectivity index (χ2n) is 2.77. The average Bonchev–Trinajstić information content (AvgIpc) is 2.16. The number of nitrogens with zero attached hydrogens (tertiary/aromatic N) is 1. The van der Waals surface area contributed by atoms with Gasteiger partial charge in [0.2, 0.25) is 0 Å². The third-order valence-corrected chi connectivity index (χ3v) is 1.88. The van der Waals surface area contributed by atoms with Crippen LogP contribution in [0.1, 0.15) is 27.9 Å². The molecule has 5 nitrogen and oxygen atoms in total. The molecule has 0 saturated carbocycles. The summed E-state index contributed by atoms with van der Waals surface area (Å²) in [4.78, 5) is 14.3. The van der Waals surface area contributed by atoms with Crippen LogP contribution in [0.5, 0.6) is 0 Å². The summed E-state index contributed by atoms with van der Waals surface area (Å²) in [6, 6.07) is 0. The number of alkyl halides is 2. The molecule has 0 radical (unpaired) electrons. The van der Waals surface area contributed by atoms with Gasteiger partial charge in [0.25, 0.3) is 6.43 Å². The zero-order valence-corrected chi connectivity index (χ0v) is 7.58. The van der Waals surface area contributed by atoms with E-state index in [2.05, 4.69) is 4.98 Å². The van der Waals surface area contributed by atoms with E-state index in [4.69, 9.17) is 16.6 Å². The first kappa shape index (κ1) is 11.3. The Labute approximate surface area is 83.7 Å². The molecule has 1 aromatic rings. The van der Waals surface area contributed by atoms with Crippen LogP contribution in [0.2, 0.25) is 0 Å². The highest BCUT2D eigenvalue weighted by molar-refractivity contribution is 5.92. The van der Waals surface area contributed by atoms with Crippen molar-refractivity contribution in [1.29, 1.82) is 0 Å². The first-order valence-corrected chi connectivity index (χ1v) is 3.97.